The summed E-state index contributed by atoms with van der Waals surface area (Å²) in [5.74, 6) is -0.916. The number of hydrogen-bond donors (Lipinski definition) is 1. The monoisotopic (exact) mass is 442 g/mol. The largest absolute Gasteiger partial charge is 0.434 e. The van der Waals surface area contributed by atoms with E-state index in [0.29, 0.717) is 11.3 Å². The zero-order valence-corrected chi connectivity index (χ0v) is 17.4. The third-order valence-corrected chi connectivity index (χ3v) is 5.80. The van der Waals surface area contributed by atoms with Gasteiger partial charge in [0.2, 0.25) is 0 Å². The summed E-state index contributed by atoms with van der Waals surface area (Å²) in [5, 5.41) is 6.58. The van der Waals surface area contributed by atoms with E-state index in [1.54, 1.807) is 32.0 Å². The molecule has 0 aliphatic heterocycles. The van der Waals surface area contributed by atoms with Gasteiger partial charge in [-0.05, 0) is 31.0 Å². The fourth-order valence-electron chi connectivity index (χ4n) is 3.24. The zero-order chi connectivity index (χ0) is 22.2. The molecule has 0 aliphatic carbocycles. The van der Waals surface area contributed by atoms with Crippen molar-refractivity contribution in [2.45, 2.75) is 20.0 Å². The van der Waals surface area contributed by atoms with E-state index in [1.165, 1.54) is 17.4 Å². The van der Waals surface area contributed by atoms with Crippen LogP contribution in [0.4, 0.5) is 18.3 Å². The van der Waals surface area contributed by atoms with Gasteiger partial charge in [-0.1, -0.05) is 59.9 Å². The highest BCUT2D eigenvalue weighted by Gasteiger charge is 2.41. The minimum absolute atomic E-state index is 0.220. The fourth-order valence-corrected chi connectivity index (χ4v) is 4.21. The number of halogens is 3. The quantitative estimate of drug-likeness (QED) is 0.429. The Balaban J connectivity index is 1.70. The smallest absolute Gasteiger partial charge is 0.298 e. The maximum Gasteiger partial charge on any atom is 0.434 e. The van der Waals surface area contributed by atoms with Crippen LogP contribution in [0.25, 0.3) is 16.1 Å². The van der Waals surface area contributed by atoms with E-state index >= 15 is 0 Å². The molecule has 4 rings (SSSR count). The lowest BCUT2D eigenvalue weighted by Crippen LogP contribution is -2.21. The third kappa shape index (κ3) is 4.09. The number of aryl methyl sites for hydroxylation is 2. The van der Waals surface area contributed by atoms with Crippen LogP contribution in [0.3, 0.4) is 0 Å². The van der Waals surface area contributed by atoms with Crippen LogP contribution in [0.15, 0.2) is 60.8 Å². The predicted molar refractivity (Wildman–Crippen MR) is 114 cm³/mol. The summed E-state index contributed by atoms with van der Waals surface area (Å²) in [6.07, 6.45) is -3.84. The number of rotatable bonds is 4. The number of para-hydroxylation sites is 1. The van der Waals surface area contributed by atoms with Gasteiger partial charge in [-0.25, -0.2) is 9.67 Å². The van der Waals surface area contributed by atoms with Crippen LogP contribution in [0.2, 0.25) is 0 Å². The second-order valence-corrected chi connectivity index (χ2v) is 7.86. The van der Waals surface area contributed by atoms with Crippen LogP contribution < -0.4 is 5.32 Å². The minimum Gasteiger partial charge on any atom is -0.298 e. The van der Waals surface area contributed by atoms with E-state index in [9.17, 15) is 18.0 Å². The lowest BCUT2D eigenvalue weighted by Gasteiger charge is -2.14. The molecule has 0 saturated carbocycles. The van der Waals surface area contributed by atoms with Crippen molar-refractivity contribution in [1.82, 2.24) is 14.8 Å². The van der Waals surface area contributed by atoms with Crippen molar-refractivity contribution in [3.63, 3.8) is 0 Å². The Morgan fingerprint density at radius 2 is 1.71 bits per heavy atom. The molecular formula is C22H17F3N4OS. The Labute approximate surface area is 180 Å². The van der Waals surface area contributed by atoms with Gasteiger partial charge < -0.3 is 0 Å². The number of carbonyl (C=O) groups excluding carboxylic acids is 1. The maximum absolute atomic E-state index is 13.9. The Hall–Kier alpha value is -3.46. The zero-order valence-electron chi connectivity index (χ0n) is 16.6. The second kappa shape index (κ2) is 7.99. The second-order valence-electron chi connectivity index (χ2n) is 6.86. The Morgan fingerprint density at radius 3 is 2.39 bits per heavy atom. The van der Waals surface area contributed by atoms with Gasteiger partial charge in [-0.2, -0.15) is 18.3 Å². The van der Waals surface area contributed by atoms with Crippen molar-refractivity contribution < 1.29 is 18.0 Å². The molecular weight excluding hydrogens is 425 g/mol. The number of nitrogens with one attached hydrogen (secondary N) is 1. The van der Waals surface area contributed by atoms with Crippen molar-refractivity contribution in [3.8, 4) is 16.1 Å². The van der Waals surface area contributed by atoms with Gasteiger partial charge in [0.25, 0.3) is 5.91 Å². The molecule has 4 aromatic rings. The van der Waals surface area contributed by atoms with Gasteiger partial charge in [0.1, 0.15) is 0 Å². The number of alkyl halides is 3. The molecule has 0 unspecified atom stereocenters. The molecule has 0 bridgehead atoms. The van der Waals surface area contributed by atoms with Crippen LogP contribution in [-0.4, -0.2) is 20.7 Å². The van der Waals surface area contributed by atoms with Gasteiger partial charge in [0.15, 0.2) is 10.8 Å². The highest BCUT2D eigenvalue weighted by atomic mass is 32.1. The first-order valence-corrected chi connectivity index (χ1v) is 10.1. The summed E-state index contributed by atoms with van der Waals surface area (Å²) in [6.45, 7) is 3.46. The molecule has 5 nitrogen and oxygen atoms in total. The molecule has 158 valence electrons. The topological polar surface area (TPSA) is 59.8 Å². The van der Waals surface area contributed by atoms with Crippen LogP contribution >= 0.6 is 11.3 Å². The molecule has 2 aromatic heterocycles. The molecule has 0 fully saturated rings. The molecule has 0 saturated heterocycles. The number of carbonyl (C=O) groups is 1. The first-order chi connectivity index (χ1) is 14.8. The number of anilines is 1. The molecule has 9 heteroatoms. The van der Waals surface area contributed by atoms with E-state index in [-0.39, 0.29) is 10.8 Å². The average molecular weight is 442 g/mol. The minimum atomic E-state index is -4.78. The Kier molecular flexibility index (Phi) is 5.36. The summed E-state index contributed by atoms with van der Waals surface area (Å²) < 4.78 is 42.4. The van der Waals surface area contributed by atoms with Crippen LogP contribution in [0, 0.1) is 13.8 Å². The molecule has 0 spiro atoms. The number of benzene rings is 2. The standard InChI is InChI=1S/C22H17F3N4OS/c1-13-8-6-7-11-17(13)29-19(22(23,24)25)16(12-26-29)20(30)28-21-27-14(2)18(31-21)15-9-4-3-5-10-15/h3-12H,1-2H3,(H,27,28,30). The number of hydrogen-bond acceptors (Lipinski definition) is 4. The van der Waals surface area contributed by atoms with Crippen LogP contribution in [0.1, 0.15) is 27.3 Å². The highest BCUT2D eigenvalue weighted by Crippen LogP contribution is 2.36. The summed E-state index contributed by atoms with van der Waals surface area (Å²) >= 11 is 1.20. The molecule has 2 heterocycles. The molecule has 31 heavy (non-hydrogen) atoms. The van der Waals surface area contributed by atoms with Gasteiger partial charge in [0.05, 0.1) is 28.0 Å². The first kappa shape index (κ1) is 20.8. The highest BCUT2D eigenvalue weighted by molar-refractivity contribution is 7.19. The van der Waals surface area contributed by atoms with Crippen LogP contribution in [0.5, 0.6) is 0 Å². The predicted octanol–water partition coefficient (Wildman–Crippen LogP) is 5.88. The third-order valence-electron chi connectivity index (χ3n) is 4.68. The average Bonchev–Trinajstić information content (AvgIpc) is 3.33. The van der Waals surface area contributed by atoms with E-state index in [2.05, 4.69) is 15.4 Å². The number of aromatic nitrogens is 3. The molecule has 2 aromatic carbocycles. The van der Waals surface area contributed by atoms with E-state index in [1.807, 2.05) is 30.3 Å². The van der Waals surface area contributed by atoms with E-state index in [0.717, 1.165) is 21.3 Å². The van der Waals surface area contributed by atoms with Crippen LogP contribution in [-0.2, 0) is 6.18 Å². The van der Waals surface area contributed by atoms with Crippen molar-refractivity contribution >= 4 is 22.4 Å². The SMILES string of the molecule is Cc1ccccc1-n1ncc(C(=O)Nc2nc(C)c(-c3ccccc3)s2)c1C(F)(F)F. The maximum atomic E-state index is 13.9. The normalized spacial score (nSPS) is 11.5. The number of amides is 1. The molecule has 1 amide bonds. The summed E-state index contributed by atoms with van der Waals surface area (Å²) in [6, 6.07) is 16.0. The van der Waals surface area contributed by atoms with E-state index in [4.69, 9.17) is 0 Å². The van der Waals surface area contributed by atoms with Gasteiger partial charge in [0, 0.05) is 0 Å². The summed E-state index contributed by atoms with van der Waals surface area (Å²) in [7, 11) is 0. The lowest BCUT2D eigenvalue weighted by molar-refractivity contribution is -0.143. The molecule has 0 atom stereocenters. The summed E-state index contributed by atoms with van der Waals surface area (Å²) in [4.78, 5) is 17.9. The molecule has 0 radical (unpaired) electrons. The van der Waals surface area contributed by atoms with Gasteiger partial charge in [-0.3, -0.25) is 10.1 Å². The number of nitrogens with zero attached hydrogens (tertiary/aromatic N) is 3. The fraction of sp³-hybridized carbons (Fsp3) is 0.136. The van der Waals surface area contributed by atoms with Crippen molar-refractivity contribution in [2.24, 2.45) is 0 Å². The molecule has 0 aliphatic rings. The van der Waals surface area contributed by atoms with E-state index < -0.39 is 23.3 Å². The van der Waals surface area contributed by atoms with Gasteiger partial charge in [-0.15, -0.1) is 0 Å². The number of thiazole rings is 1. The van der Waals surface area contributed by atoms with Crippen molar-refractivity contribution in [2.75, 3.05) is 5.32 Å². The van der Waals surface area contributed by atoms with Crippen molar-refractivity contribution in [1.29, 1.82) is 0 Å². The lowest BCUT2D eigenvalue weighted by atomic mass is 10.1. The first-order valence-electron chi connectivity index (χ1n) is 9.31. The Bertz CT molecular complexity index is 1250. The summed E-state index contributed by atoms with van der Waals surface area (Å²) in [5.41, 5.74) is 0.761. The van der Waals surface area contributed by atoms with Gasteiger partial charge >= 0.3 is 6.18 Å². The molecule has 1 N–H and O–H groups in total. The van der Waals surface area contributed by atoms with Crippen molar-refractivity contribution in [3.05, 3.63) is 83.3 Å². The Morgan fingerprint density at radius 1 is 1.03 bits per heavy atom.